The largest absolute Gasteiger partial charge is 0.326 e. The molecule has 1 unspecified atom stereocenters. The lowest BCUT2D eigenvalue weighted by Crippen LogP contribution is -2.50. The molecule has 0 bridgehead atoms. The van der Waals surface area contributed by atoms with E-state index >= 15 is 4.39 Å². The number of benzene rings is 1. The maximum absolute atomic E-state index is 15.1. The number of imidazole rings is 1. The van der Waals surface area contributed by atoms with Gasteiger partial charge in [-0.1, -0.05) is 5.57 Å². The van der Waals surface area contributed by atoms with Crippen LogP contribution >= 0.6 is 0 Å². The summed E-state index contributed by atoms with van der Waals surface area (Å²) < 4.78 is 17.1. The lowest BCUT2D eigenvalue weighted by atomic mass is 10.1. The van der Waals surface area contributed by atoms with Gasteiger partial charge in [-0.15, -0.1) is 0 Å². The van der Waals surface area contributed by atoms with Crippen molar-refractivity contribution < 1.29 is 4.39 Å². The van der Waals surface area contributed by atoms with E-state index in [2.05, 4.69) is 64.8 Å². The fourth-order valence-corrected chi connectivity index (χ4v) is 5.00. The van der Waals surface area contributed by atoms with Gasteiger partial charge in [0.1, 0.15) is 29.3 Å². The first-order valence-corrected chi connectivity index (χ1v) is 13.6. The van der Waals surface area contributed by atoms with Crippen molar-refractivity contribution in [3.05, 3.63) is 59.6 Å². The number of likely N-dealkylation sites (N-methyl/N-ethyl adjacent to an activating group) is 1. The Kier molecular flexibility index (Phi) is 8.92. The van der Waals surface area contributed by atoms with Gasteiger partial charge in [0.2, 0.25) is 0 Å². The van der Waals surface area contributed by atoms with Crippen LogP contribution in [0.5, 0.6) is 0 Å². The molecule has 1 atom stereocenters. The standard InChI is InChI=1S/C30H41FN8/c1-19(2)11-28(32-15-21(5)16-38-10-9-37(8)22(6)17-38)36-29-14-26(33-18-34-29)24-12-25(31)30-27(13-24)39(20(3)4)23(7)35-30/h11-15,18,20,22H,9-10,16-17H2,1-8H3,(H,32,33,34,36)/b21-15+. The van der Waals surface area contributed by atoms with Crippen molar-refractivity contribution >= 4 is 22.7 Å². The number of halogens is 1. The van der Waals surface area contributed by atoms with Crippen molar-refractivity contribution in [1.82, 2.24) is 29.3 Å². The van der Waals surface area contributed by atoms with Gasteiger partial charge < -0.3 is 14.8 Å². The number of fused-ring (bicyclic) bond motifs is 1. The van der Waals surface area contributed by atoms with E-state index in [9.17, 15) is 0 Å². The van der Waals surface area contributed by atoms with Gasteiger partial charge in [0.25, 0.3) is 0 Å². The molecule has 0 aliphatic carbocycles. The molecule has 2 aromatic heterocycles. The molecule has 0 radical (unpaired) electrons. The number of hydrogen-bond acceptors (Lipinski definition) is 6. The maximum atomic E-state index is 15.1. The Bertz CT molecular complexity index is 1410. The molecule has 8 nitrogen and oxygen atoms in total. The summed E-state index contributed by atoms with van der Waals surface area (Å²) >= 11 is 0. The van der Waals surface area contributed by atoms with Crippen LogP contribution in [0.3, 0.4) is 0 Å². The first kappa shape index (κ1) is 28.6. The molecule has 1 fully saturated rings. The van der Waals surface area contributed by atoms with E-state index in [1.165, 1.54) is 18.0 Å². The Morgan fingerprint density at radius 1 is 1.18 bits per heavy atom. The van der Waals surface area contributed by atoms with E-state index in [1.54, 1.807) is 0 Å². The number of aryl methyl sites for hydroxylation is 1. The molecule has 1 aliphatic heterocycles. The van der Waals surface area contributed by atoms with Crippen LogP contribution in [-0.4, -0.2) is 74.4 Å². The van der Waals surface area contributed by atoms with Crippen molar-refractivity contribution in [1.29, 1.82) is 0 Å². The zero-order valence-electron chi connectivity index (χ0n) is 24.5. The van der Waals surface area contributed by atoms with Crippen LogP contribution in [0.15, 0.2) is 52.9 Å². The van der Waals surface area contributed by atoms with Crippen molar-refractivity contribution in [3.63, 3.8) is 0 Å². The van der Waals surface area contributed by atoms with Crippen LogP contribution < -0.4 is 5.32 Å². The third-order valence-electron chi connectivity index (χ3n) is 7.03. The van der Waals surface area contributed by atoms with Crippen molar-refractivity contribution in [3.8, 4) is 11.3 Å². The van der Waals surface area contributed by atoms with Gasteiger partial charge in [-0.2, -0.15) is 0 Å². The number of nitrogens with one attached hydrogen (secondary N) is 1. The molecule has 1 N–H and O–H groups in total. The molecule has 208 valence electrons. The third kappa shape index (κ3) is 6.96. The zero-order valence-corrected chi connectivity index (χ0v) is 24.5. The number of allylic oxidation sites excluding steroid dienone is 1. The smallest absolute Gasteiger partial charge is 0.151 e. The minimum absolute atomic E-state index is 0.159. The number of hydrogen-bond donors (Lipinski definition) is 1. The van der Waals surface area contributed by atoms with Crippen LogP contribution in [0.4, 0.5) is 10.2 Å². The van der Waals surface area contributed by atoms with Crippen molar-refractivity contribution in [2.75, 3.05) is 38.5 Å². The number of aliphatic imine (C=N–C) groups is 1. The van der Waals surface area contributed by atoms with E-state index in [4.69, 9.17) is 4.99 Å². The molecule has 0 amide bonds. The molecular formula is C30H41FN8. The highest BCUT2D eigenvalue weighted by Crippen LogP contribution is 2.29. The molecule has 1 aliphatic rings. The summed E-state index contributed by atoms with van der Waals surface area (Å²) in [6, 6.07) is 5.96. The fraction of sp³-hybridized carbons (Fsp3) is 0.467. The molecular weight excluding hydrogens is 491 g/mol. The van der Waals surface area contributed by atoms with Crippen LogP contribution in [0.1, 0.15) is 53.4 Å². The fourth-order valence-electron chi connectivity index (χ4n) is 5.00. The molecule has 3 aromatic rings. The first-order chi connectivity index (χ1) is 18.5. The second-order valence-corrected chi connectivity index (χ2v) is 11.1. The van der Waals surface area contributed by atoms with Gasteiger partial charge in [-0.05, 0) is 79.3 Å². The lowest BCUT2D eigenvalue weighted by Gasteiger charge is -2.37. The van der Waals surface area contributed by atoms with E-state index in [-0.39, 0.29) is 11.9 Å². The van der Waals surface area contributed by atoms with Crippen molar-refractivity contribution in [2.45, 2.75) is 60.5 Å². The van der Waals surface area contributed by atoms with Crippen LogP contribution in [-0.2, 0) is 0 Å². The number of nitrogens with zero attached hydrogens (tertiary/aromatic N) is 7. The molecule has 0 saturated carbocycles. The average molecular weight is 533 g/mol. The van der Waals surface area contributed by atoms with Gasteiger partial charge >= 0.3 is 0 Å². The summed E-state index contributed by atoms with van der Waals surface area (Å²) in [4.78, 5) is 22.9. The maximum Gasteiger partial charge on any atom is 0.151 e. The van der Waals surface area contributed by atoms with E-state index < -0.39 is 0 Å². The summed E-state index contributed by atoms with van der Waals surface area (Å²) in [5.74, 6) is 1.69. The van der Waals surface area contributed by atoms with E-state index in [1.807, 2.05) is 49.7 Å². The minimum Gasteiger partial charge on any atom is -0.326 e. The molecule has 39 heavy (non-hydrogen) atoms. The molecule has 1 aromatic carbocycles. The normalized spacial score (nSPS) is 17.7. The van der Waals surface area contributed by atoms with Gasteiger partial charge in [-0.3, -0.25) is 4.90 Å². The van der Waals surface area contributed by atoms with Crippen molar-refractivity contribution in [2.24, 2.45) is 4.99 Å². The number of anilines is 1. The summed E-state index contributed by atoms with van der Waals surface area (Å²) in [6.07, 6.45) is 5.39. The predicted octanol–water partition coefficient (Wildman–Crippen LogP) is 5.84. The average Bonchev–Trinajstić information content (AvgIpc) is 3.21. The summed E-state index contributed by atoms with van der Waals surface area (Å²) in [5, 5.41) is 3.32. The quantitative estimate of drug-likeness (QED) is 0.305. The molecule has 9 heteroatoms. The number of piperazine rings is 1. The van der Waals surface area contributed by atoms with Gasteiger partial charge in [0.05, 0.1) is 11.2 Å². The van der Waals surface area contributed by atoms with E-state index in [0.717, 1.165) is 43.1 Å². The second-order valence-electron chi connectivity index (χ2n) is 11.1. The second kappa shape index (κ2) is 12.2. The Morgan fingerprint density at radius 3 is 2.64 bits per heavy atom. The monoisotopic (exact) mass is 532 g/mol. The summed E-state index contributed by atoms with van der Waals surface area (Å²) in [6.45, 7) is 18.6. The highest BCUT2D eigenvalue weighted by Gasteiger charge is 2.20. The molecule has 4 rings (SSSR count). The van der Waals surface area contributed by atoms with Gasteiger partial charge in [0.15, 0.2) is 5.82 Å². The van der Waals surface area contributed by atoms with Crippen LogP contribution in [0.25, 0.3) is 22.3 Å². The zero-order chi connectivity index (χ0) is 28.3. The number of amidine groups is 1. The molecule has 1 saturated heterocycles. The lowest BCUT2D eigenvalue weighted by molar-refractivity contribution is 0.112. The number of aromatic nitrogens is 4. The Morgan fingerprint density at radius 2 is 1.95 bits per heavy atom. The Balaban J connectivity index is 1.58. The Hall–Kier alpha value is -3.43. The molecule has 0 spiro atoms. The molecule has 3 heterocycles. The van der Waals surface area contributed by atoms with Gasteiger partial charge in [-0.25, -0.2) is 24.3 Å². The highest BCUT2D eigenvalue weighted by molar-refractivity contribution is 6.04. The summed E-state index contributed by atoms with van der Waals surface area (Å²) in [7, 11) is 2.18. The minimum atomic E-state index is -0.361. The number of rotatable bonds is 7. The van der Waals surface area contributed by atoms with E-state index in [0.29, 0.717) is 34.5 Å². The Labute approximate surface area is 231 Å². The SMILES string of the molecule is CC(C)=CC(=N/C=C(\C)CN1CCN(C)C(C)C1)Nc1cc(-c2cc(F)c3nc(C)n(C(C)C)c3c2)ncn1. The van der Waals surface area contributed by atoms with Gasteiger partial charge in [0, 0.05) is 56.1 Å². The van der Waals surface area contributed by atoms with Crippen LogP contribution in [0, 0.1) is 12.7 Å². The predicted molar refractivity (Wildman–Crippen MR) is 159 cm³/mol. The third-order valence-corrected chi connectivity index (χ3v) is 7.03. The first-order valence-electron chi connectivity index (χ1n) is 13.6. The topological polar surface area (TPSA) is 74.5 Å². The van der Waals surface area contributed by atoms with Crippen LogP contribution in [0.2, 0.25) is 0 Å². The summed E-state index contributed by atoms with van der Waals surface area (Å²) in [5.41, 5.74) is 4.73. The highest BCUT2D eigenvalue weighted by atomic mass is 19.1.